The molecule has 2 heterocycles. The van der Waals surface area contributed by atoms with Crippen LogP contribution in [-0.4, -0.2) is 51.0 Å². The number of ether oxygens (including phenoxy) is 1. The number of aromatic nitrogens is 2. The number of rotatable bonds is 7. The number of hydrogen-bond acceptors (Lipinski definition) is 5. The van der Waals surface area contributed by atoms with Crippen LogP contribution in [0.1, 0.15) is 12.8 Å². The van der Waals surface area contributed by atoms with Gasteiger partial charge in [0.1, 0.15) is 4.90 Å². The lowest BCUT2D eigenvalue weighted by Crippen LogP contribution is -2.34. The quantitative estimate of drug-likeness (QED) is 0.664. The third kappa shape index (κ3) is 4.00. The summed E-state index contributed by atoms with van der Waals surface area (Å²) < 4.78 is 33.6. The first-order chi connectivity index (χ1) is 9.12. The largest absolute Gasteiger partial charge is 0.380 e. The van der Waals surface area contributed by atoms with Crippen molar-refractivity contribution in [1.82, 2.24) is 19.8 Å². The van der Waals surface area contributed by atoms with Crippen LogP contribution in [0.15, 0.2) is 17.3 Å². The van der Waals surface area contributed by atoms with Gasteiger partial charge in [-0.05, 0) is 26.4 Å². The smallest absolute Gasteiger partial charge is 0.244 e. The molecule has 7 nitrogen and oxygen atoms in total. The molecule has 19 heavy (non-hydrogen) atoms. The van der Waals surface area contributed by atoms with E-state index in [2.05, 4.69) is 15.1 Å². The van der Waals surface area contributed by atoms with Gasteiger partial charge in [-0.1, -0.05) is 0 Å². The van der Waals surface area contributed by atoms with E-state index < -0.39 is 10.0 Å². The van der Waals surface area contributed by atoms with Crippen LogP contribution in [-0.2, 0) is 21.3 Å². The Balaban J connectivity index is 1.95. The van der Waals surface area contributed by atoms with Crippen molar-refractivity contribution in [2.24, 2.45) is 0 Å². The minimum absolute atomic E-state index is 0.127. The van der Waals surface area contributed by atoms with E-state index in [1.807, 2.05) is 7.05 Å². The van der Waals surface area contributed by atoms with Gasteiger partial charge in [0.15, 0.2) is 0 Å². The van der Waals surface area contributed by atoms with Gasteiger partial charge in [0, 0.05) is 25.4 Å². The summed E-state index contributed by atoms with van der Waals surface area (Å²) in [6.45, 7) is 2.62. The summed E-state index contributed by atoms with van der Waals surface area (Å²) in [7, 11) is -1.60. The number of aryl methyl sites for hydroxylation is 1. The Morgan fingerprint density at radius 1 is 1.58 bits per heavy atom. The van der Waals surface area contributed by atoms with Crippen molar-refractivity contribution >= 4 is 10.0 Å². The van der Waals surface area contributed by atoms with Crippen LogP contribution in [0.25, 0.3) is 0 Å². The highest BCUT2D eigenvalue weighted by Crippen LogP contribution is 2.11. The fourth-order valence-electron chi connectivity index (χ4n) is 1.94. The van der Waals surface area contributed by atoms with Gasteiger partial charge in [-0.3, -0.25) is 4.68 Å². The Kier molecular flexibility index (Phi) is 4.92. The Morgan fingerprint density at radius 2 is 2.42 bits per heavy atom. The first-order valence-corrected chi connectivity index (χ1v) is 7.87. The SMILES string of the molecule is CNCCCn1cc(S(=O)(=O)NC2CCOC2)cn1. The predicted octanol–water partition coefficient (Wildman–Crippen LogP) is -0.440. The van der Waals surface area contributed by atoms with Crippen LogP contribution >= 0.6 is 0 Å². The third-order valence-corrected chi connectivity index (χ3v) is 4.46. The maximum absolute atomic E-state index is 12.1. The van der Waals surface area contributed by atoms with Gasteiger partial charge in [-0.15, -0.1) is 0 Å². The van der Waals surface area contributed by atoms with Crippen molar-refractivity contribution in [3.8, 4) is 0 Å². The monoisotopic (exact) mass is 288 g/mol. The summed E-state index contributed by atoms with van der Waals surface area (Å²) in [6.07, 6.45) is 4.57. The van der Waals surface area contributed by atoms with Crippen LogP contribution in [0.5, 0.6) is 0 Å². The third-order valence-electron chi connectivity index (χ3n) is 2.99. The summed E-state index contributed by atoms with van der Waals surface area (Å²) >= 11 is 0. The zero-order valence-corrected chi connectivity index (χ0v) is 11.8. The molecule has 0 aromatic carbocycles. The summed E-state index contributed by atoms with van der Waals surface area (Å²) in [5.74, 6) is 0. The molecule has 2 rings (SSSR count). The zero-order valence-electron chi connectivity index (χ0n) is 11.0. The zero-order chi connectivity index (χ0) is 13.7. The first-order valence-electron chi connectivity index (χ1n) is 6.39. The van der Waals surface area contributed by atoms with Crippen molar-refractivity contribution in [2.45, 2.75) is 30.3 Å². The Labute approximate surface area is 113 Å². The molecular weight excluding hydrogens is 268 g/mol. The fourth-order valence-corrected chi connectivity index (χ4v) is 3.15. The first kappa shape index (κ1) is 14.4. The van der Waals surface area contributed by atoms with E-state index in [9.17, 15) is 8.42 Å². The van der Waals surface area contributed by atoms with Gasteiger partial charge in [0.2, 0.25) is 10.0 Å². The molecular formula is C11H20N4O3S. The second-order valence-corrected chi connectivity index (χ2v) is 6.29. The molecule has 0 spiro atoms. The summed E-state index contributed by atoms with van der Waals surface area (Å²) in [5.41, 5.74) is 0. The lowest BCUT2D eigenvalue weighted by molar-refractivity contribution is 0.192. The highest BCUT2D eigenvalue weighted by Gasteiger charge is 2.24. The molecule has 0 bridgehead atoms. The van der Waals surface area contributed by atoms with Crippen molar-refractivity contribution in [2.75, 3.05) is 26.8 Å². The van der Waals surface area contributed by atoms with E-state index in [-0.39, 0.29) is 10.9 Å². The van der Waals surface area contributed by atoms with E-state index >= 15 is 0 Å². The van der Waals surface area contributed by atoms with Gasteiger partial charge in [-0.2, -0.15) is 5.10 Å². The molecule has 1 aliphatic heterocycles. The number of nitrogens with one attached hydrogen (secondary N) is 2. The summed E-state index contributed by atoms with van der Waals surface area (Å²) in [6, 6.07) is -0.127. The topological polar surface area (TPSA) is 85.2 Å². The van der Waals surface area contributed by atoms with E-state index in [1.165, 1.54) is 6.20 Å². The average Bonchev–Trinajstić information content (AvgIpc) is 3.00. The molecule has 2 N–H and O–H groups in total. The molecule has 1 aliphatic rings. The standard InChI is InChI=1S/C11H20N4O3S/c1-12-4-2-5-15-8-11(7-13-15)19(16,17)14-10-3-6-18-9-10/h7-8,10,12,14H,2-6,9H2,1H3. The van der Waals surface area contributed by atoms with Crippen LogP contribution in [0, 0.1) is 0 Å². The maximum atomic E-state index is 12.1. The molecule has 0 amide bonds. The van der Waals surface area contributed by atoms with Crippen molar-refractivity contribution in [3.05, 3.63) is 12.4 Å². The molecule has 108 valence electrons. The number of nitrogens with zero attached hydrogens (tertiary/aromatic N) is 2. The highest BCUT2D eigenvalue weighted by atomic mass is 32.2. The molecule has 0 aliphatic carbocycles. The van der Waals surface area contributed by atoms with Gasteiger partial charge >= 0.3 is 0 Å². The normalized spacial score (nSPS) is 19.9. The van der Waals surface area contributed by atoms with Gasteiger partial charge in [-0.25, -0.2) is 13.1 Å². The molecule has 1 aromatic rings. The molecule has 1 saturated heterocycles. The van der Waals surface area contributed by atoms with Gasteiger partial charge < -0.3 is 10.1 Å². The molecule has 0 radical (unpaired) electrons. The molecule has 1 atom stereocenters. The van der Waals surface area contributed by atoms with E-state index in [1.54, 1.807) is 10.9 Å². The molecule has 0 saturated carbocycles. The van der Waals surface area contributed by atoms with Crippen molar-refractivity contribution < 1.29 is 13.2 Å². The van der Waals surface area contributed by atoms with Gasteiger partial charge in [0.25, 0.3) is 0 Å². The Morgan fingerprint density at radius 3 is 3.11 bits per heavy atom. The highest BCUT2D eigenvalue weighted by molar-refractivity contribution is 7.89. The second-order valence-electron chi connectivity index (χ2n) is 4.58. The molecule has 1 aromatic heterocycles. The number of sulfonamides is 1. The lowest BCUT2D eigenvalue weighted by Gasteiger charge is -2.09. The van der Waals surface area contributed by atoms with Crippen molar-refractivity contribution in [1.29, 1.82) is 0 Å². The maximum Gasteiger partial charge on any atom is 0.244 e. The van der Waals surface area contributed by atoms with Gasteiger partial charge in [0.05, 0.1) is 12.8 Å². The van der Waals surface area contributed by atoms with E-state index in [0.717, 1.165) is 19.4 Å². The molecule has 1 unspecified atom stereocenters. The molecule has 8 heteroatoms. The number of hydrogen-bond donors (Lipinski definition) is 2. The average molecular weight is 288 g/mol. The fraction of sp³-hybridized carbons (Fsp3) is 0.727. The van der Waals surface area contributed by atoms with E-state index in [4.69, 9.17) is 4.74 Å². The Hall–Kier alpha value is -0.960. The summed E-state index contributed by atoms with van der Waals surface area (Å²) in [5, 5.41) is 7.10. The van der Waals surface area contributed by atoms with Crippen LogP contribution in [0.4, 0.5) is 0 Å². The lowest BCUT2D eigenvalue weighted by atomic mass is 10.3. The van der Waals surface area contributed by atoms with Crippen LogP contribution in [0.3, 0.4) is 0 Å². The minimum Gasteiger partial charge on any atom is -0.380 e. The predicted molar refractivity (Wildman–Crippen MR) is 70.3 cm³/mol. The second kappa shape index (κ2) is 6.47. The summed E-state index contributed by atoms with van der Waals surface area (Å²) in [4.78, 5) is 0.212. The van der Waals surface area contributed by atoms with Crippen molar-refractivity contribution in [3.63, 3.8) is 0 Å². The Bertz CT molecular complexity index is 494. The van der Waals surface area contributed by atoms with Crippen LogP contribution < -0.4 is 10.0 Å². The minimum atomic E-state index is -3.48. The van der Waals surface area contributed by atoms with E-state index in [0.29, 0.717) is 19.8 Å². The molecule has 1 fully saturated rings. The van der Waals surface area contributed by atoms with Crippen LogP contribution in [0.2, 0.25) is 0 Å².